The lowest BCUT2D eigenvalue weighted by Gasteiger charge is -2.30. The van der Waals surface area contributed by atoms with Crippen LogP contribution >= 0.6 is 0 Å². The molecule has 7 heteroatoms. The van der Waals surface area contributed by atoms with Gasteiger partial charge in [-0.2, -0.15) is 10.1 Å². The van der Waals surface area contributed by atoms with E-state index in [0.29, 0.717) is 17.9 Å². The molecule has 0 unspecified atom stereocenters. The molecule has 3 aromatic rings. The number of benzene rings is 1. The van der Waals surface area contributed by atoms with Crippen LogP contribution in [0.15, 0.2) is 42.7 Å². The highest BCUT2D eigenvalue weighted by molar-refractivity contribution is 5.80. The summed E-state index contributed by atoms with van der Waals surface area (Å²) >= 11 is 0. The van der Waals surface area contributed by atoms with Gasteiger partial charge in [0, 0.05) is 42.7 Å². The number of aromatic nitrogens is 4. The Bertz CT molecular complexity index is 1000. The molecule has 29 heavy (non-hydrogen) atoms. The first-order chi connectivity index (χ1) is 14.3. The zero-order valence-electron chi connectivity index (χ0n) is 16.5. The normalized spacial score (nSPS) is 22.1. The molecule has 7 nitrogen and oxygen atoms in total. The average Bonchev–Trinajstić information content (AvgIpc) is 3.44. The Kier molecular flexibility index (Phi) is 4.87. The van der Waals surface area contributed by atoms with E-state index >= 15 is 0 Å². The smallest absolute Gasteiger partial charge is 0.225 e. The van der Waals surface area contributed by atoms with Crippen molar-refractivity contribution in [1.82, 2.24) is 24.6 Å². The summed E-state index contributed by atoms with van der Waals surface area (Å²) in [5.41, 5.74) is 1.03. The van der Waals surface area contributed by atoms with Crippen LogP contribution in [-0.4, -0.2) is 49.7 Å². The molecule has 1 aromatic carbocycles. The highest BCUT2D eigenvalue weighted by Crippen LogP contribution is 2.28. The molecule has 1 saturated carbocycles. The van der Waals surface area contributed by atoms with Gasteiger partial charge in [-0.3, -0.25) is 4.79 Å². The summed E-state index contributed by atoms with van der Waals surface area (Å²) in [5, 5.41) is 9.03. The van der Waals surface area contributed by atoms with Crippen LogP contribution in [0.1, 0.15) is 38.5 Å². The molecule has 1 aliphatic carbocycles. The van der Waals surface area contributed by atoms with Crippen LogP contribution in [0.5, 0.6) is 0 Å². The van der Waals surface area contributed by atoms with Crippen LogP contribution in [0.25, 0.3) is 16.7 Å². The Hall–Kier alpha value is -2.96. The second-order valence-corrected chi connectivity index (χ2v) is 8.08. The summed E-state index contributed by atoms with van der Waals surface area (Å²) in [5.74, 6) is 1.93. The fourth-order valence-corrected chi connectivity index (χ4v) is 4.55. The van der Waals surface area contributed by atoms with E-state index in [1.165, 1.54) is 0 Å². The predicted octanol–water partition coefficient (Wildman–Crippen LogP) is 3.41. The zero-order chi connectivity index (χ0) is 19.6. The first-order valence-electron chi connectivity index (χ1n) is 10.6. The molecule has 0 radical (unpaired) electrons. The van der Waals surface area contributed by atoms with Gasteiger partial charge in [0.25, 0.3) is 0 Å². The van der Waals surface area contributed by atoms with Crippen LogP contribution in [0, 0.1) is 5.92 Å². The predicted molar refractivity (Wildman–Crippen MR) is 112 cm³/mol. The number of hydrogen-bond donors (Lipinski definition) is 1. The number of hydrogen-bond acceptors (Lipinski definition) is 5. The molecule has 150 valence electrons. The average molecular weight is 390 g/mol. The molecular weight excluding hydrogens is 364 g/mol. The number of nitrogens with zero attached hydrogens (tertiary/aromatic N) is 5. The maximum Gasteiger partial charge on any atom is 0.225 e. The highest BCUT2D eigenvalue weighted by atomic mass is 16.2. The Morgan fingerprint density at radius 2 is 1.83 bits per heavy atom. The van der Waals surface area contributed by atoms with Crippen LogP contribution < -0.4 is 5.32 Å². The van der Waals surface area contributed by atoms with Crippen molar-refractivity contribution in [2.75, 3.05) is 18.4 Å². The van der Waals surface area contributed by atoms with Crippen molar-refractivity contribution in [3.05, 3.63) is 42.7 Å². The third-order valence-electron chi connectivity index (χ3n) is 6.16. The first-order valence-corrected chi connectivity index (χ1v) is 10.6. The van der Waals surface area contributed by atoms with E-state index in [4.69, 9.17) is 0 Å². The summed E-state index contributed by atoms with van der Waals surface area (Å²) in [6.07, 6.45) is 9.76. The van der Waals surface area contributed by atoms with Gasteiger partial charge in [0.05, 0.1) is 11.7 Å². The van der Waals surface area contributed by atoms with Crippen LogP contribution in [0.4, 0.5) is 5.95 Å². The van der Waals surface area contributed by atoms with Gasteiger partial charge in [-0.25, -0.2) is 9.67 Å². The van der Waals surface area contributed by atoms with Crippen LogP contribution in [0.3, 0.4) is 0 Å². The number of para-hydroxylation sites is 1. The standard InChI is InChI=1S/C22H26N6O/c29-21(27-13-3-4-14-27)16-7-9-18(10-8-16)25-22-23-12-11-20(26-22)28-19-6-2-1-5-17(19)15-24-28/h1-2,5-6,11-12,15-16,18H,3-4,7-10,13-14H2,(H,23,25,26)/t16-,18-. The lowest BCUT2D eigenvalue weighted by molar-refractivity contribution is -0.135. The van der Waals surface area contributed by atoms with E-state index in [9.17, 15) is 4.79 Å². The number of nitrogens with one attached hydrogen (secondary N) is 1. The Balaban J connectivity index is 1.24. The lowest BCUT2D eigenvalue weighted by atomic mass is 9.85. The van der Waals surface area contributed by atoms with Gasteiger partial charge < -0.3 is 10.2 Å². The molecular formula is C22H26N6O. The summed E-state index contributed by atoms with van der Waals surface area (Å²) < 4.78 is 1.84. The van der Waals surface area contributed by atoms with Crippen molar-refractivity contribution in [2.45, 2.75) is 44.6 Å². The van der Waals surface area contributed by atoms with Gasteiger partial charge in [0.2, 0.25) is 11.9 Å². The van der Waals surface area contributed by atoms with Gasteiger partial charge in [0.15, 0.2) is 5.82 Å². The van der Waals surface area contributed by atoms with E-state index in [1.807, 2.05) is 41.2 Å². The van der Waals surface area contributed by atoms with Gasteiger partial charge in [-0.15, -0.1) is 0 Å². The van der Waals surface area contributed by atoms with Gasteiger partial charge in [0.1, 0.15) is 0 Å². The van der Waals surface area contributed by atoms with Crippen molar-refractivity contribution < 1.29 is 4.79 Å². The largest absolute Gasteiger partial charge is 0.351 e. The molecule has 2 aromatic heterocycles. The minimum absolute atomic E-state index is 0.189. The number of carbonyl (C=O) groups is 1. The zero-order valence-corrected chi connectivity index (χ0v) is 16.5. The van der Waals surface area contributed by atoms with Crippen molar-refractivity contribution in [3.8, 4) is 5.82 Å². The molecule has 0 bridgehead atoms. The van der Waals surface area contributed by atoms with Crippen molar-refractivity contribution in [3.63, 3.8) is 0 Å². The van der Waals surface area contributed by atoms with Gasteiger partial charge in [-0.05, 0) is 44.6 Å². The van der Waals surface area contributed by atoms with E-state index in [0.717, 1.165) is 68.3 Å². The maximum absolute atomic E-state index is 12.6. The lowest BCUT2D eigenvalue weighted by Crippen LogP contribution is -2.37. The molecule has 3 heterocycles. The van der Waals surface area contributed by atoms with Gasteiger partial charge >= 0.3 is 0 Å². The van der Waals surface area contributed by atoms with E-state index in [2.05, 4.69) is 25.3 Å². The van der Waals surface area contributed by atoms with E-state index in [-0.39, 0.29) is 5.92 Å². The number of anilines is 1. The molecule has 2 aliphatic rings. The number of carbonyl (C=O) groups excluding carboxylic acids is 1. The molecule has 1 saturated heterocycles. The number of fused-ring (bicyclic) bond motifs is 1. The minimum Gasteiger partial charge on any atom is -0.351 e. The van der Waals surface area contributed by atoms with Crippen molar-refractivity contribution in [1.29, 1.82) is 0 Å². The molecule has 1 N–H and O–H groups in total. The molecule has 0 spiro atoms. The topological polar surface area (TPSA) is 75.9 Å². The van der Waals surface area contributed by atoms with Crippen molar-refractivity contribution >= 4 is 22.8 Å². The SMILES string of the molecule is O=C([C@H]1CC[C@H](Nc2nccc(-n3ncc4ccccc43)n2)CC1)N1CCCC1. The number of amides is 1. The number of rotatable bonds is 4. The summed E-state index contributed by atoms with van der Waals surface area (Å²) in [4.78, 5) is 23.8. The van der Waals surface area contributed by atoms with Gasteiger partial charge in [-0.1, -0.05) is 18.2 Å². The van der Waals surface area contributed by atoms with Crippen LogP contribution in [-0.2, 0) is 4.79 Å². The second-order valence-electron chi connectivity index (χ2n) is 8.08. The second kappa shape index (κ2) is 7.81. The van der Waals surface area contributed by atoms with E-state index < -0.39 is 0 Å². The highest BCUT2D eigenvalue weighted by Gasteiger charge is 2.30. The number of likely N-dealkylation sites (tertiary alicyclic amines) is 1. The molecule has 1 amide bonds. The summed E-state index contributed by atoms with van der Waals surface area (Å²) in [7, 11) is 0. The molecule has 1 aliphatic heterocycles. The quantitative estimate of drug-likeness (QED) is 0.739. The maximum atomic E-state index is 12.6. The Morgan fingerprint density at radius 1 is 1.03 bits per heavy atom. The van der Waals surface area contributed by atoms with E-state index in [1.54, 1.807) is 6.20 Å². The summed E-state index contributed by atoms with van der Waals surface area (Å²) in [6.45, 7) is 1.89. The first kappa shape index (κ1) is 18.1. The van der Waals surface area contributed by atoms with Crippen LogP contribution in [0.2, 0.25) is 0 Å². The Morgan fingerprint density at radius 3 is 2.66 bits per heavy atom. The fourth-order valence-electron chi connectivity index (χ4n) is 4.55. The fraction of sp³-hybridized carbons (Fsp3) is 0.455. The third-order valence-corrected chi connectivity index (χ3v) is 6.16. The monoisotopic (exact) mass is 390 g/mol. The molecule has 5 rings (SSSR count). The summed E-state index contributed by atoms with van der Waals surface area (Å²) in [6, 6.07) is 10.3. The molecule has 2 fully saturated rings. The minimum atomic E-state index is 0.189. The third kappa shape index (κ3) is 3.69. The molecule has 0 atom stereocenters. The van der Waals surface area contributed by atoms with Crippen molar-refractivity contribution in [2.24, 2.45) is 5.92 Å². The Labute approximate surface area is 170 Å².